The van der Waals surface area contributed by atoms with Crippen LogP contribution in [0.5, 0.6) is 0 Å². The second kappa shape index (κ2) is 15.4. The number of hydrogen-bond acceptors (Lipinski definition) is 3. The van der Waals surface area contributed by atoms with E-state index in [1.165, 1.54) is 38.5 Å². The topological polar surface area (TPSA) is 43.4 Å². The fraction of sp³-hybridized carbons (Fsp3) is 0.565. The van der Waals surface area contributed by atoms with Crippen molar-refractivity contribution in [1.29, 1.82) is 0 Å². The van der Waals surface area contributed by atoms with Crippen molar-refractivity contribution in [1.82, 2.24) is 0 Å². The summed E-state index contributed by atoms with van der Waals surface area (Å²) < 4.78 is 5.32. The lowest BCUT2D eigenvalue weighted by Crippen LogP contribution is -2.22. The molecule has 0 aliphatic carbocycles. The van der Waals surface area contributed by atoms with Crippen molar-refractivity contribution in [2.24, 2.45) is 0 Å². The van der Waals surface area contributed by atoms with Gasteiger partial charge in [0.1, 0.15) is 6.10 Å². The highest BCUT2D eigenvalue weighted by Gasteiger charge is 2.17. The van der Waals surface area contributed by atoms with Gasteiger partial charge in [-0.1, -0.05) is 81.6 Å². The Hall–Kier alpha value is -1.90. The maximum atomic E-state index is 11.8. The molecule has 0 N–H and O–H groups in total. The van der Waals surface area contributed by atoms with Gasteiger partial charge in [0.25, 0.3) is 0 Å². The average molecular weight is 359 g/mol. The molecule has 1 aliphatic rings. The number of Topliss-reactive ketones (excluding diaryl/α,β-unsaturated/α-hetero) is 1. The van der Waals surface area contributed by atoms with Gasteiger partial charge in [0.05, 0.1) is 0 Å². The van der Waals surface area contributed by atoms with Crippen LogP contribution < -0.4 is 0 Å². The minimum Gasteiger partial charge on any atom is -0.452 e. The Balaban J connectivity index is 2.38. The molecule has 144 valence electrons. The number of allylic oxidation sites excluding steroid dienone is 6. The summed E-state index contributed by atoms with van der Waals surface area (Å²) in [5.74, 6) is -1.22. The molecule has 1 heterocycles. The molecule has 0 saturated heterocycles. The molecule has 0 saturated carbocycles. The van der Waals surface area contributed by atoms with E-state index >= 15 is 0 Å². The summed E-state index contributed by atoms with van der Waals surface area (Å²) in [4.78, 5) is 23.6. The molecule has 3 nitrogen and oxygen atoms in total. The molecule has 26 heavy (non-hydrogen) atoms. The predicted molar refractivity (Wildman–Crippen MR) is 108 cm³/mol. The first-order valence-electron chi connectivity index (χ1n) is 10.1. The minimum atomic E-state index is -0.741. The summed E-state index contributed by atoms with van der Waals surface area (Å²) in [5, 5.41) is 0. The SMILES string of the molecule is CCCCCCCCC=CC=CC1C/C=C\CC/C=C\CC(=O)C(=O)O1. The van der Waals surface area contributed by atoms with E-state index in [1.54, 1.807) is 6.08 Å². The fourth-order valence-electron chi connectivity index (χ4n) is 2.71. The smallest absolute Gasteiger partial charge is 0.375 e. The summed E-state index contributed by atoms with van der Waals surface area (Å²) in [6, 6.07) is 0. The molecule has 0 spiro atoms. The molecule has 0 aromatic heterocycles. The summed E-state index contributed by atoms with van der Waals surface area (Å²) in [6.45, 7) is 2.23. The average Bonchev–Trinajstić information content (AvgIpc) is 2.63. The standard InChI is InChI=1S/C23H34O3/c1-2-3-4-5-6-7-8-9-12-15-18-21-19-16-13-10-11-14-17-20-22(24)23(25)26-21/h9,12-18,21H,2-8,10-11,19-20H2,1H3/b12-9?,16-13-,17-14-,18-15?. The van der Waals surface area contributed by atoms with Crippen LogP contribution in [0.4, 0.5) is 0 Å². The highest BCUT2D eigenvalue weighted by Crippen LogP contribution is 2.09. The lowest BCUT2D eigenvalue weighted by atomic mass is 10.1. The largest absolute Gasteiger partial charge is 0.452 e. The third-order valence-electron chi connectivity index (χ3n) is 4.29. The molecular formula is C23H34O3. The van der Waals surface area contributed by atoms with Gasteiger partial charge in [0, 0.05) is 12.8 Å². The second-order valence-corrected chi connectivity index (χ2v) is 6.70. The van der Waals surface area contributed by atoms with E-state index in [-0.39, 0.29) is 12.5 Å². The van der Waals surface area contributed by atoms with E-state index in [9.17, 15) is 9.59 Å². The molecule has 1 atom stereocenters. The van der Waals surface area contributed by atoms with Gasteiger partial charge in [-0.25, -0.2) is 4.79 Å². The first kappa shape index (κ1) is 22.1. The zero-order valence-corrected chi connectivity index (χ0v) is 16.2. The molecular weight excluding hydrogens is 324 g/mol. The second-order valence-electron chi connectivity index (χ2n) is 6.70. The number of carbonyl (C=O) groups is 2. The van der Waals surface area contributed by atoms with Crippen molar-refractivity contribution >= 4 is 11.8 Å². The normalized spacial score (nSPS) is 22.1. The molecule has 1 rings (SSSR count). The van der Waals surface area contributed by atoms with Crippen LogP contribution in [-0.4, -0.2) is 17.9 Å². The van der Waals surface area contributed by atoms with Crippen LogP contribution in [0.25, 0.3) is 0 Å². The monoisotopic (exact) mass is 358 g/mol. The highest BCUT2D eigenvalue weighted by atomic mass is 16.5. The number of ketones is 1. The third kappa shape index (κ3) is 11.6. The molecule has 1 unspecified atom stereocenters. The van der Waals surface area contributed by atoms with Gasteiger partial charge in [-0.3, -0.25) is 4.79 Å². The van der Waals surface area contributed by atoms with Gasteiger partial charge in [0.2, 0.25) is 5.78 Å². The third-order valence-corrected chi connectivity index (χ3v) is 4.29. The Morgan fingerprint density at radius 3 is 2.50 bits per heavy atom. The first-order valence-corrected chi connectivity index (χ1v) is 10.1. The zero-order valence-electron chi connectivity index (χ0n) is 16.2. The first-order chi connectivity index (χ1) is 12.7. The van der Waals surface area contributed by atoms with Gasteiger partial charge in [-0.15, -0.1) is 0 Å². The maximum Gasteiger partial charge on any atom is 0.375 e. The van der Waals surface area contributed by atoms with Crippen LogP contribution in [0, 0.1) is 0 Å². The van der Waals surface area contributed by atoms with Crippen molar-refractivity contribution in [2.45, 2.75) is 83.7 Å². The number of ether oxygens (including phenoxy) is 1. The van der Waals surface area contributed by atoms with E-state index in [2.05, 4.69) is 19.1 Å². The van der Waals surface area contributed by atoms with E-state index in [4.69, 9.17) is 4.74 Å². The summed E-state index contributed by atoms with van der Waals surface area (Å²) in [5.41, 5.74) is 0. The predicted octanol–water partition coefficient (Wildman–Crippen LogP) is 6.02. The van der Waals surface area contributed by atoms with Crippen molar-refractivity contribution in [3.8, 4) is 0 Å². The van der Waals surface area contributed by atoms with E-state index in [0.717, 1.165) is 19.3 Å². The summed E-state index contributed by atoms with van der Waals surface area (Å²) in [6.07, 6.45) is 26.8. The lowest BCUT2D eigenvalue weighted by molar-refractivity contribution is -0.155. The lowest BCUT2D eigenvalue weighted by Gasteiger charge is -2.11. The van der Waals surface area contributed by atoms with Crippen LogP contribution in [-0.2, 0) is 14.3 Å². The summed E-state index contributed by atoms with van der Waals surface area (Å²) >= 11 is 0. The number of carbonyl (C=O) groups excluding carboxylic acids is 2. The van der Waals surface area contributed by atoms with Gasteiger partial charge < -0.3 is 4.74 Å². The van der Waals surface area contributed by atoms with Gasteiger partial charge >= 0.3 is 5.97 Å². The van der Waals surface area contributed by atoms with Gasteiger partial charge in [0.15, 0.2) is 0 Å². The van der Waals surface area contributed by atoms with Crippen LogP contribution >= 0.6 is 0 Å². The van der Waals surface area contributed by atoms with Crippen LogP contribution in [0.15, 0.2) is 48.6 Å². The van der Waals surface area contributed by atoms with Crippen molar-refractivity contribution in [3.05, 3.63) is 48.6 Å². The number of cyclic esters (lactones) is 1. The van der Waals surface area contributed by atoms with Crippen LogP contribution in [0.1, 0.15) is 77.6 Å². The quantitative estimate of drug-likeness (QED) is 0.166. The van der Waals surface area contributed by atoms with Crippen LogP contribution in [0.3, 0.4) is 0 Å². The Bertz CT molecular complexity index is 512. The molecule has 0 radical (unpaired) electrons. The number of rotatable bonds is 9. The van der Waals surface area contributed by atoms with Crippen molar-refractivity contribution in [2.75, 3.05) is 0 Å². The van der Waals surface area contributed by atoms with E-state index in [0.29, 0.717) is 6.42 Å². The molecule has 1 aliphatic heterocycles. The van der Waals surface area contributed by atoms with Gasteiger partial charge in [-0.2, -0.15) is 0 Å². The van der Waals surface area contributed by atoms with E-state index in [1.807, 2.05) is 30.4 Å². The molecule has 0 aromatic carbocycles. The molecule has 0 amide bonds. The zero-order chi connectivity index (χ0) is 18.9. The van der Waals surface area contributed by atoms with Crippen LogP contribution in [0.2, 0.25) is 0 Å². The molecule has 0 bridgehead atoms. The Morgan fingerprint density at radius 1 is 0.962 bits per heavy atom. The van der Waals surface area contributed by atoms with E-state index < -0.39 is 11.8 Å². The summed E-state index contributed by atoms with van der Waals surface area (Å²) in [7, 11) is 0. The molecule has 0 fully saturated rings. The van der Waals surface area contributed by atoms with Crippen molar-refractivity contribution < 1.29 is 14.3 Å². The molecule has 0 aromatic rings. The molecule has 3 heteroatoms. The van der Waals surface area contributed by atoms with Crippen molar-refractivity contribution in [3.63, 3.8) is 0 Å². The maximum absolute atomic E-state index is 11.8. The number of esters is 1. The number of unbranched alkanes of at least 4 members (excludes halogenated alkanes) is 6. The Morgan fingerprint density at radius 2 is 1.69 bits per heavy atom. The minimum absolute atomic E-state index is 0.122. The Labute approximate surface area is 158 Å². The Kier molecular flexibility index (Phi) is 13.1. The number of hydrogen-bond donors (Lipinski definition) is 0. The van der Waals surface area contributed by atoms with Gasteiger partial charge in [-0.05, 0) is 31.8 Å². The fourth-order valence-corrected chi connectivity index (χ4v) is 2.71. The highest BCUT2D eigenvalue weighted by molar-refractivity contribution is 6.34.